The maximum atomic E-state index is 10.0. The maximum absolute atomic E-state index is 10.0. The van der Waals surface area contributed by atoms with E-state index < -0.39 is 0 Å². The van der Waals surface area contributed by atoms with Gasteiger partial charge < -0.3 is 5.11 Å². The predicted octanol–water partition coefficient (Wildman–Crippen LogP) is 3.69. The second kappa shape index (κ2) is 6.20. The van der Waals surface area contributed by atoms with Crippen LogP contribution in [0, 0.1) is 0 Å². The lowest BCUT2D eigenvalue weighted by Gasteiger charge is -2.16. The van der Waals surface area contributed by atoms with Gasteiger partial charge in [0.05, 0.1) is 6.10 Å². The smallest absolute Gasteiger partial charge is 0.0752 e. The summed E-state index contributed by atoms with van der Waals surface area (Å²) >= 11 is 9.49. The van der Waals surface area contributed by atoms with Gasteiger partial charge in [0.1, 0.15) is 0 Å². The van der Waals surface area contributed by atoms with Gasteiger partial charge in [-0.3, -0.25) is 0 Å². The number of aliphatic hydroxyl groups is 1. The summed E-state index contributed by atoms with van der Waals surface area (Å²) in [5, 5.41) is 11.2. The molecule has 2 rings (SSSR count). The molecular weight excluding hydrogens is 260 g/mol. The Kier molecular flexibility index (Phi) is 4.89. The first-order chi connectivity index (χ1) is 7.75. The van der Waals surface area contributed by atoms with E-state index in [1.54, 1.807) is 11.8 Å². The van der Waals surface area contributed by atoms with E-state index in [0.29, 0.717) is 5.25 Å². The molecule has 0 spiro atoms. The van der Waals surface area contributed by atoms with Crippen LogP contribution in [0.3, 0.4) is 0 Å². The third-order valence-electron chi connectivity index (χ3n) is 2.61. The van der Waals surface area contributed by atoms with Crippen LogP contribution in [0.1, 0.15) is 12.8 Å². The molecule has 0 aromatic heterocycles. The average Bonchev–Trinajstić information content (AvgIpc) is 2.79. The minimum atomic E-state index is -0.198. The molecule has 4 heteroatoms. The molecule has 1 aromatic carbocycles. The molecule has 88 valence electrons. The van der Waals surface area contributed by atoms with Crippen LogP contribution in [0.2, 0.25) is 5.02 Å². The number of benzene rings is 1. The Bertz CT molecular complexity index is 340. The minimum absolute atomic E-state index is 0.198. The molecule has 1 aliphatic heterocycles. The predicted molar refractivity (Wildman–Crippen MR) is 73.7 cm³/mol. The summed E-state index contributed by atoms with van der Waals surface area (Å²) < 4.78 is 0. The van der Waals surface area contributed by atoms with Crippen LogP contribution in [0.25, 0.3) is 0 Å². The lowest BCUT2D eigenvalue weighted by Crippen LogP contribution is -2.22. The molecule has 1 heterocycles. The van der Waals surface area contributed by atoms with E-state index >= 15 is 0 Å². The van der Waals surface area contributed by atoms with E-state index in [2.05, 4.69) is 0 Å². The van der Waals surface area contributed by atoms with E-state index in [9.17, 15) is 5.11 Å². The van der Waals surface area contributed by atoms with Crippen LogP contribution in [-0.4, -0.2) is 28.0 Å². The number of aliphatic hydroxyl groups excluding tert-OH is 1. The fraction of sp³-hybridized carbons (Fsp3) is 0.500. The molecule has 0 saturated carbocycles. The van der Waals surface area contributed by atoms with Crippen molar-refractivity contribution >= 4 is 35.1 Å². The second-order valence-corrected chi connectivity index (χ2v) is 6.76. The third kappa shape index (κ3) is 3.59. The minimum Gasteiger partial charge on any atom is -0.391 e. The lowest BCUT2D eigenvalue weighted by atomic mass is 10.2. The van der Waals surface area contributed by atoms with Crippen molar-refractivity contribution in [2.45, 2.75) is 29.1 Å². The molecular formula is C12H15ClOS2. The average molecular weight is 275 g/mol. The van der Waals surface area contributed by atoms with Crippen molar-refractivity contribution in [2.75, 3.05) is 11.5 Å². The topological polar surface area (TPSA) is 20.2 Å². The maximum Gasteiger partial charge on any atom is 0.0752 e. The quantitative estimate of drug-likeness (QED) is 0.846. The number of halogens is 1. The molecule has 1 fully saturated rings. The van der Waals surface area contributed by atoms with Gasteiger partial charge in [-0.05, 0) is 36.8 Å². The molecule has 0 bridgehead atoms. The van der Waals surface area contributed by atoms with Crippen LogP contribution in [0.4, 0.5) is 0 Å². The second-order valence-electron chi connectivity index (χ2n) is 3.89. The van der Waals surface area contributed by atoms with Gasteiger partial charge in [0.25, 0.3) is 0 Å². The highest BCUT2D eigenvalue weighted by atomic mass is 35.5. The number of hydrogen-bond donors (Lipinski definition) is 1. The van der Waals surface area contributed by atoms with Gasteiger partial charge in [0, 0.05) is 20.9 Å². The van der Waals surface area contributed by atoms with Gasteiger partial charge >= 0.3 is 0 Å². The number of thioether (sulfide) groups is 2. The molecule has 0 amide bonds. The molecule has 2 atom stereocenters. The zero-order valence-corrected chi connectivity index (χ0v) is 11.3. The van der Waals surface area contributed by atoms with Crippen molar-refractivity contribution in [2.24, 2.45) is 0 Å². The molecule has 2 unspecified atom stereocenters. The lowest BCUT2D eigenvalue weighted by molar-refractivity contribution is 0.194. The molecule has 16 heavy (non-hydrogen) atoms. The highest BCUT2D eigenvalue weighted by Crippen LogP contribution is 2.31. The van der Waals surface area contributed by atoms with Gasteiger partial charge in [-0.15, -0.1) is 11.8 Å². The fourth-order valence-electron chi connectivity index (χ4n) is 1.75. The highest BCUT2D eigenvalue weighted by molar-refractivity contribution is 8.00. The Morgan fingerprint density at radius 1 is 1.56 bits per heavy atom. The van der Waals surface area contributed by atoms with Crippen molar-refractivity contribution < 1.29 is 5.11 Å². The fourth-order valence-corrected chi connectivity index (χ4v) is 4.40. The van der Waals surface area contributed by atoms with Crippen molar-refractivity contribution in [1.29, 1.82) is 0 Å². The van der Waals surface area contributed by atoms with Gasteiger partial charge in [-0.1, -0.05) is 17.7 Å². The Labute approximate surface area is 110 Å². The molecule has 1 saturated heterocycles. The van der Waals surface area contributed by atoms with Crippen LogP contribution >= 0.6 is 35.1 Å². The summed E-state index contributed by atoms with van der Waals surface area (Å²) in [6.45, 7) is 0. The highest BCUT2D eigenvalue weighted by Gasteiger charge is 2.23. The molecule has 1 N–H and O–H groups in total. The van der Waals surface area contributed by atoms with Gasteiger partial charge in [0.2, 0.25) is 0 Å². The van der Waals surface area contributed by atoms with E-state index in [1.807, 2.05) is 36.0 Å². The molecule has 1 aromatic rings. The van der Waals surface area contributed by atoms with E-state index in [4.69, 9.17) is 11.6 Å². The van der Waals surface area contributed by atoms with Crippen molar-refractivity contribution in [3.63, 3.8) is 0 Å². The zero-order chi connectivity index (χ0) is 11.4. The van der Waals surface area contributed by atoms with Crippen LogP contribution in [-0.2, 0) is 0 Å². The van der Waals surface area contributed by atoms with Crippen molar-refractivity contribution in [3.8, 4) is 0 Å². The summed E-state index contributed by atoms with van der Waals surface area (Å²) in [4.78, 5) is 1.13. The summed E-state index contributed by atoms with van der Waals surface area (Å²) in [6.07, 6.45) is 2.20. The Morgan fingerprint density at radius 2 is 2.44 bits per heavy atom. The standard InChI is InChI=1S/C12H15ClOS2/c13-9-3-1-4-10(7-9)16-8-11(14)12-5-2-6-15-12/h1,3-4,7,11-12,14H,2,5-6,8H2. The largest absolute Gasteiger partial charge is 0.391 e. The Hall–Kier alpha value is 0.170. The Morgan fingerprint density at radius 3 is 3.12 bits per heavy atom. The van der Waals surface area contributed by atoms with E-state index in [-0.39, 0.29) is 6.10 Å². The van der Waals surface area contributed by atoms with Crippen molar-refractivity contribution in [1.82, 2.24) is 0 Å². The van der Waals surface area contributed by atoms with Crippen LogP contribution < -0.4 is 0 Å². The van der Waals surface area contributed by atoms with Crippen LogP contribution in [0.5, 0.6) is 0 Å². The zero-order valence-electron chi connectivity index (χ0n) is 8.93. The van der Waals surface area contributed by atoms with E-state index in [0.717, 1.165) is 22.1 Å². The first kappa shape index (κ1) is 12.6. The SMILES string of the molecule is OC(CSc1cccc(Cl)c1)C1CCCS1. The van der Waals surface area contributed by atoms with Crippen LogP contribution in [0.15, 0.2) is 29.2 Å². The summed E-state index contributed by atoms with van der Waals surface area (Å²) in [7, 11) is 0. The monoisotopic (exact) mass is 274 g/mol. The normalized spacial score (nSPS) is 22.2. The van der Waals surface area contributed by atoms with Gasteiger partial charge in [-0.2, -0.15) is 11.8 Å². The molecule has 1 aliphatic rings. The first-order valence-corrected chi connectivity index (χ1v) is 7.85. The third-order valence-corrected chi connectivity index (χ3v) is 5.44. The molecule has 1 nitrogen and oxygen atoms in total. The summed E-state index contributed by atoms with van der Waals surface area (Å²) in [5.74, 6) is 1.96. The molecule has 0 aliphatic carbocycles. The van der Waals surface area contributed by atoms with E-state index in [1.165, 1.54) is 12.2 Å². The first-order valence-electron chi connectivity index (χ1n) is 5.44. The van der Waals surface area contributed by atoms with Gasteiger partial charge in [-0.25, -0.2) is 0 Å². The number of hydrogen-bond acceptors (Lipinski definition) is 3. The van der Waals surface area contributed by atoms with Gasteiger partial charge in [0.15, 0.2) is 0 Å². The Balaban J connectivity index is 1.82. The van der Waals surface area contributed by atoms with Crippen molar-refractivity contribution in [3.05, 3.63) is 29.3 Å². The summed E-state index contributed by atoms with van der Waals surface area (Å²) in [6, 6.07) is 7.79. The summed E-state index contributed by atoms with van der Waals surface area (Å²) in [5.41, 5.74) is 0. The molecule has 0 radical (unpaired) electrons. The number of rotatable bonds is 4.